The number of furan rings is 1. The molecule has 2 heterocycles. The minimum absolute atomic E-state index is 0.0808. The third-order valence-electron chi connectivity index (χ3n) is 4.96. The van der Waals surface area contributed by atoms with Crippen molar-refractivity contribution in [1.82, 2.24) is 13.4 Å². The maximum Gasteiger partial charge on any atom is 0.328 e. The maximum atomic E-state index is 13.5. The first-order chi connectivity index (χ1) is 14.3. The Labute approximate surface area is 172 Å². The highest BCUT2D eigenvalue weighted by Crippen LogP contribution is 2.24. The van der Waals surface area contributed by atoms with Crippen molar-refractivity contribution in [3.8, 4) is 0 Å². The van der Waals surface area contributed by atoms with Crippen LogP contribution in [0.25, 0.3) is 11.0 Å². The van der Waals surface area contributed by atoms with E-state index in [4.69, 9.17) is 4.42 Å². The number of amides is 1. The van der Waals surface area contributed by atoms with Crippen LogP contribution in [0.4, 0.5) is 0 Å². The number of fused-ring (bicyclic) bond motifs is 1. The van der Waals surface area contributed by atoms with Crippen LogP contribution in [0, 0.1) is 0 Å². The fourth-order valence-corrected chi connectivity index (χ4v) is 4.69. The molecule has 0 spiro atoms. The van der Waals surface area contributed by atoms with Crippen molar-refractivity contribution in [3.63, 3.8) is 0 Å². The lowest BCUT2D eigenvalue weighted by atomic mass is 10.2. The van der Waals surface area contributed by atoms with E-state index < -0.39 is 15.9 Å². The van der Waals surface area contributed by atoms with Crippen LogP contribution in [0.2, 0.25) is 0 Å². The first-order valence-electron chi connectivity index (χ1n) is 9.10. The summed E-state index contributed by atoms with van der Waals surface area (Å²) in [5, 5.41) is 0. The molecule has 8 nitrogen and oxygen atoms in total. The number of imidazole rings is 1. The zero-order valence-corrected chi connectivity index (χ0v) is 17.2. The molecule has 0 saturated heterocycles. The van der Waals surface area contributed by atoms with Gasteiger partial charge in [-0.3, -0.25) is 13.9 Å². The van der Waals surface area contributed by atoms with Crippen LogP contribution in [-0.4, -0.2) is 27.8 Å². The Hall–Kier alpha value is -3.59. The van der Waals surface area contributed by atoms with Crippen LogP contribution in [0.3, 0.4) is 0 Å². The molecule has 1 amide bonds. The second-order valence-corrected chi connectivity index (χ2v) is 8.69. The van der Waals surface area contributed by atoms with Crippen molar-refractivity contribution in [2.24, 2.45) is 14.1 Å². The number of sulfonamides is 1. The molecule has 0 unspecified atom stereocenters. The van der Waals surface area contributed by atoms with Gasteiger partial charge in [0.15, 0.2) is 5.76 Å². The SMILES string of the molecule is Cn1c(=O)n(C)c2cc(S(=O)(=O)N(Cc3ccccc3)C(=O)c3ccco3)ccc21. The van der Waals surface area contributed by atoms with Gasteiger partial charge in [-0.15, -0.1) is 0 Å². The van der Waals surface area contributed by atoms with E-state index in [0.29, 0.717) is 16.6 Å². The zero-order chi connectivity index (χ0) is 21.5. The highest BCUT2D eigenvalue weighted by atomic mass is 32.2. The predicted molar refractivity (Wildman–Crippen MR) is 110 cm³/mol. The Balaban J connectivity index is 1.84. The number of benzene rings is 2. The average Bonchev–Trinajstić information content (AvgIpc) is 3.36. The lowest BCUT2D eigenvalue weighted by Gasteiger charge is -2.22. The van der Waals surface area contributed by atoms with Gasteiger partial charge in [-0.2, -0.15) is 0 Å². The second-order valence-electron chi connectivity index (χ2n) is 6.83. The van der Waals surface area contributed by atoms with E-state index >= 15 is 0 Å². The van der Waals surface area contributed by atoms with Gasteiger partial charge in [-0.1, -0.05) is 30.3 Å². The molecular weight excluding hydrogens is 406 g/mol. The van der Waals surface area contributed by atoms with E-state index in [-0.39, 0.29) is 22.9 Å². The monoisotopic (exact) mass is 425 g/mol. The molecule has 30 heavy (non-hydrogen) atoms. The van der Waals surface area contributed by atoms with Gasteiger partial charge in [-0.05, 0) is 35.9 Å². The summed E-state index contributed by atoms with van der Waals surface area (Å²) in [7, 11) is -1.06. The molecule has 0 fully saturated rings. The highest BCUT2D eigenvalue weighted by molar-refractivity contribution is 7.89. The molecule has 2 aromatic carbocycles. The standard InChI is InChI=1S/C21H19N3O5S/c1-22-17-11-10-16(13-18(17)23(2)21(22)26)30(27,28)24(14-15-7-4-3-5-8-15)20(25)19-9-6-12-29-19/h3-13H,14H2,1-2H3. The topological polar surface area (TPSA) is 94.5 Å². The van der Waals surface area contributed by atoms with E-state index in [1.165, 1.54) is 39.7 Å². The summed E-state index contributed by atoms with van der Waals surface area (Å²) < 4.78 is 35.7. The summed E-state index contributed by atoms with van der Waals surface area (Å²) in [6, 6.07) is 16.1. The van der Waals surface area contributed by atoms with Crippen molar-refractivity contribution in [1.29, 1.82) is 0 Å². The summed E-state index contributed by atoms with van der Waals surface area (Å²) in [6.07, 6.45) is 1.31. The molecule has 2 aromatic heterocycles. The summed E-state index contributed by atoms with van der Waals surface area (Å²) in [4.78, 5) is 25.1. The maximum absolute atomic E-state index is 13.5. The van der Waals surface area contributed by atoms with Gasteiger partial charge in [0.25, 0.3) is 10.0 Å². The lowest BCUT2D eigenvalue weighted by molar-refractivity contribution is 0.0824. The van der Waals surface area contributed by atoms with Crippen molar-refractivity contribution < 1.29 is 17.6 Å². The van der Waals surface area contributed by atoms with Crippen LogP contribution < -0.4 is 5.69 Å². The lowest BCUT2D eigenvalue weighted by Crippen LogP contribution is -2.36. The average molecular weight is 425 g/mol. The predicted octanol–water partition coefficient (Wildman–Crippen LogP) is 2.50. The number of hydrogen-bond acceptors (Lipinski definition) is 5. The number of hydrogen-bond donors (Lipinski definition) is 0. The summed E-state index contributed by atoms with van der Waals surface area (Å²) in [5.74, 6) is -0.853. The van der Waals surface area contributed by atoms with Gasteiger partial charge < -0.3 is 4.42 Å². The fourth-order valence-electron chi connectivity index (χ4n) is 3.31. The molecule has 0 saturated carbocycles. The number of aryl methyl sites for hydroxylation is 2. The molecule has 4 rings (SSSR count). The van der Waals surface area contributed by atoms with E-state index in [1.807, 2.05) is 0 Å². The number of nitrogens with zero attached hydrogens (tertiary/aromatic N) is 3. The molecule has 4 aromatic rings. The molecule has 0 radical (unpaired) electrons. The largest absolute Gasteiger partial charge is 0.459 e. The summed E-state index contributed by atoms with van der Waals surface area (Å²) in [6.45, 7) is -0.158. The highest BCUT2D eigenvalue weighted by Gasteiger charge is 2.32. The Morgan fingerprint density at radius 3 is 2.33 bits per heavy atom. The number of aromatic nitrogens is 2. The third kappa shape index (κ3) is 3.22. The second kappa shape index (κ2) is 7.34. The molecule has 9 heteroatoms. The van der Waals surface area contributed by atoms with Crippen molar-refractivity contribution in [2.45, 2.75) is 11.4 Å². The summed E-state index contributed by atoms with van der Waals surface area (Å²) in [5.41, 5.74) is 1.42. The number of carbonyl (C=O) groups is 1. The van der Waals surface area contributed by atoms with E-state index in [9.17, 15) is 18.0 Å². The molecule has 0 aliphatic rings. The molecule has 0 atom stereocenters. The molecule has 0 bridgehead atoms. The fraction of sp³-hybridized carbons (Fsp3) is 0.143. The van der Waals surface area contributed by atoms with Gasteiger partial charge in [0.2, 0.25) is 0 Å². The van der Waals surface area contributed by atoms with Crippen LogP contribution >= 0.6 is 0 Å². The van der Waals surface area contributed by atoms with Gasteiger partial charge in [-0.25, -0.2) is 17.5 Å². The van der Waals surface area contributed by atoms with E-state index in [2.05, 4.69) is 0 Å². The van der Waals surface area contributed by atoms with Crippen molar-refractivity contribution >= 4 is 27.0 Å². The molecule has 0 aliphatic carbocycles. The Kier molecular flexibility index (Phi) is 4.83. The van der Waals surface area contributed by atoms with Crippen molar-refractivity contribution in [3.05, 3.63) is 88.7 Å². The minimum Gasteiger partial charge on any atom is -0.459 e. The number of carbonyl (C=O) groups excluding carboxylic acids is 1. The Morgan fingerprint density at radius 1 is 0.967 bits per heavy atom. The van der Waals surface area contributed by atoms with Gasteiger partial charge in [0.1, 0.15) is 0 Å². The van der Waals surface area contributed by atoms with Gasteiger partial charge in [0, 0.05) is 14.1 Å². The number of rotatable bonds is 5. The first-order valence-corrected chi connectivity index (χ1v) is 10.5. The van der Waals surface area contributed by atoms with E-state index in [0.717, 1.165) is 4.31 Å². The van der Waals surface area contributed by atoms with E-state index in [1.54, 1.807) is 50.5 Å². The zero-order valence-electron chi connectivity index (χ0n) is 16.3. The smallest absolute Gasteiger partial charge is 0.328 e. The van der Waals surface area contributed by atoms with Crippen molar-refractivity contribution in [2.75, 3.05) is 0 Å². The van der Waals surface area contributed by atoms with Crippen LogP contribution in [0.15, 0.2) is 81.0 Å². The van der Waals surface area contributed by atoms with Gasteiger partial charge >= 0.3 is 11.6 Å². The van der Waals surface area contributed by atoms with Gasteiger partial charge in [0.05, 0.1) is 28.7 Å². The van der Waals surface area contributed by atoms with Crippen LogP contribution in [0.5, 0.6) is 0 Å². The minimum atomic E-state index is -4.24. The van der Waals surface area contributed by atoms with Crippen LogP contribution in [-0.2, 0) is 30.7 Å². The molecule has 0 aliphatic heterocycles. The normalized spacial score (nSPS) is 11.7. The quantitative estimate of drug-likeness (QED) is 0.490. The molecule has 154 valence electrons. The summed E-state index contributed by atoms with van der Waals surface area (Å²) >= 11 is 0. The molecular formula is C21H19N3O5S. The third-order valence-corrected chi connectivity index (χ3v) is 6.68. The molecule has 0 N–H and O–H groups in total. The first kappa shape index (κ1) is 19.7. The Bertz CT molecular complexity index is 1380. The van der Waals surface area contributed by atoms with Crippen LogP contribution in [0.1, 0.15) is 16.1 Å². The Morgan fingerprint density at radius 2 is 1.67 bits per heavy atom.